The molecule has 3 unspecified atom stereocenters. The summed E-state index contributed by atoms with van der Waals surface area (Å²) < 4.78 is 39.2. The molecule has 0 spiro atoms. The van der Waals surface area contributed by atoms with Crippen molar-refractivity contribution in [2.45, 2.75) is 63.8 Å². The van der Waals surface area contributed by atoms with E-state index >= 15 is 0 Å². The molecule has 3 N–H and O–H groups in total. The van der Waals surface area contributed by atoms with Gasteiger partial charge >= 0.3 is 11.9 Å². The Hall–Kier alpha value is -1.78. The molecule has 0 saturated heterocycles. The average molecular weight is 1410 g/mol. The number of benzene rings is 4. The van der Waals surface area contributed by atoms with Crippen molar-refractivity contribution in [2.24, 2.45) is 0 Å². The topological polar surface area (TPSA) is 150 Å². The number of carbonyl (C=O) groups excluding carboxylic acids is 2. The van der Waals surface area contributed by atoms with Crippen molar-refractivity contribution in [3.8, 4) is 23.0 Å². The third-order valence-electron chi connectivity index (χ3n) is 9.90. The summed E-state index contributed by atoms with van der Waals surface area (Å²) in [6.45, 7) is 16.0. The van der Waals surface area contributed by atoms with Gasteiger partial charge in [-0.25, -0.2) is 9.59 Å². The zero-order chi connectivity index (χ0) is 48.6. The molecule has 0 aromatic heterocycles. The van der Waals surface area contributed by atoms with Crippen molar-refractivity contribution in [1.29, 1.82) is 0 Å². The van der Waals surface area contributed by atoms with Gasteiger partial charge in [0, 0.05) is 22.5 Å². The van der Waals surface area contributed by atoms with Gasteiger partial charge in [0.15, 0.2) is 0 Å². The van der Waals surface area contributed by atoms with E-state index in [1.165, 1.54) is 6.92 Å². The summed E-state index contributed by atoms with van der Waals surface area (Å²) >= 11 is 29.1. The van der Waals surface area contributed by atoms with E-state index in [-0.39, 0.29) is 45.2 Å². The number of ether oxygens (including phenoxy) is 6. The molecule has 0 fully saturated rings. The largest absolute Gasteiger partial charge is 0.488 e. The number of halogens is 8. The van der Waals surface area contributed by atoms with E-state index in [1.54, 1.807) is 0 Å². The van der Waals surface area contributed by atoms with Crippen molar-refractivity contribution in [3.05, 3.63) is 131 Å². The van der Waals surface area contributed by atoms with E-state index < -0.39 is 41.1 Å². The summed E-state index contributed by atoms with van der Waals surface area (Å²) in [4.78, 5) is 23.0. The van der Waals surface area contributed by atoms with Crippen LogP contribution in [0.2, 0.25) is 0 Å². The van der Waals surface area contributed by atoms with E-state index in [2.05, 4.69) is 168 Å². The van der Waals surface area contributed by atoms with Crippen molar-refractivity contribution >= 4 is 139 Å². The quantitative estimate of drug-likeness (QED) is 0.0510. The van der Waals surface area contributed by atoms with Crippen LogP contribution in [0.25, 0.3) is 0 Å². The highest BCUT2D eigenvalue weighted by Gasteiger charge is 2.30. The Morgan fingerprint density at radius 2 is 0.738 bits per heavy atom. The molecule has 0 radical (unpaired) electrons. The van der Waals surface area contributed by atoms with Crippen molar-refractivity contribution in [3.63, 3.8) is 0 Å². The Kier molecular flexibility index (Phi) is 21.2. The fourth-order valence-corrected chi connectivity index (χ4v) is 11.6. The summed E-state index contributed by atoms with van der Waals surface area (Å²) in [6.07, 6.45) is -2.03. The number of aliphatic hydroxyl groups is 3. The number of hydrogen-bond donors (Lipinski definition) is 3. The lowest BCUT2D eigenvalue weighted by Gasteiger charge is -2.29. The Morgan fingerprint density at radius 1 is 0.508 bits per heavy atom. The predicted molar refractivity (Wildman–Crippen MR) is 279 cm³/mol. The second kappa shape index (κ2) is 24.7. The lowest BCUT2D eigenvalue weighted by Crippen LogP contribution is -2.26. The molecule has 19 heteroatoms. The molecule has 4 rings (SSSR count). The number of esters is 2. The van der Waals surface area contributed by atoms with Gasteiger partial charge in [-0.2, -0.15) is 0 Å². The smallest absolute Gasteiger partial charge is 0.333 e. The highest BCUT2D eigenvalue weighted by Crippen LogP contribution is 2.46. The van der Waals surface area contributed by atoms with Crippen LogP contribution < -0.4 is 18.9 Å². The molecular weight excluding hydrogens is 1370 g/mol. The average Bonchev–Trinajstić information content (AvgIpc) is 3.22. The first-order valence-corrected chi connectivity index (χ1v) is 25.9. The van der Waals surface area contributed by atoms with Gasteiger partial charge in [0.25, 0.3) is 0 Å². The molecule has 0 bridgehead atoms. The van der Waals surface area contributed by atoms with Crippen LogP contribution in [0.4, 0.5) is 0 Å². The normalized spacial score (nSPS) is 13.0. The van der Waals surface area contributed by atoms with Crippen LogP contribution in [0, 0.1) is 0 Å². The van der Waals surface area contributed by atoms with E-state index in [0.29, 0.717) is 58.8 Å². The van der Waals surface area contributed by atoms with Crippen LogP contribution in [-0.2, 0) is 29.9 Å². The Bertz CT molecular complexity index is 2310. The monoisotopic (exact) mass is 1410 g/mol. The maximum Gasteiger partial charge on any atom is 0.333 e. The molecule has 0 heterocycles. The highest BCUT2D eigenvalue weighted by atomic mass is 79.9. The van der Waals surface area contributed by atoms with Gasteiger partial charge in [-0.05, 0) is 205 Å². The molecular formula is C46H46Br8O11. The summed E-state index contributed by atoms with van der Waals surface area (Å²) in [6, 6.07) is 15.6. The van der Waals surface area contributed by atoms with Crippen molar-refractivity contribution in [1.82, 2.24) is 0 Å². The van der Waals surface area contributed by atoms with Crippen LogP contribution in [0.1, 0.15) is 56.9 Å². The molecule has 4 aromatic rings. The summed E-state index contributed by atoms with van der Waals surface area (Å²) in [5.41, 5.74) is 3.06. The highest BCUT2D eigenvalue weighted by molar-refractivity contribution is 9.12. The van der Waals surface area contributed by atoms with Gasteiger partial charge in [-0.3, -0.25) is 0 Å². The van der Waals surface area contributed by atoms with Gasteiger partial charge in [-0.1, -0.05) is 40.9 Å². The summed E-state index contributed by atoms with van der Waals surface area (Å²) in [5.74, 6) is 0.787. The van der Waals surface area contributed by atoms with Gasteiger partial charge in [0.1, 0.15) is 81.0 Å². The molecule has 4 aromatic carbocycles. The first kappa shape index (κ1) is 55.8. The maximum atomic E-state index is 11.7. The van der Waals surface area contributed by atoms with Gasteiger partial charge in [0.2, 0.25) is 0 Å². The van der Waals surface area contributed by atoms with Crippen LogP contribution >= 0.6 is 127 Å². The molecule has 11 nitrogen and oxygen atoms in total. The van der Waals surface area contributed by atoms with Gasteiger partial charge in [-0.15, -0.1) is 0 Å². The molecule has 0 amide bonds. The minimum absolute atomic E-state index is 0.0576. The first-order chi connectivity index (χ1) is 30.4. The van der Waals surface area contributed by atoms with E-state index in [4.69, 9.17) is 28.4 Å². The summed E-state index contributed by atoms with van der Waals surface area (Å²) in [7, 11) is 0. The molecule has 65 heavy (non-hydrogen) atoms. The minimum atomic E-state index is -1.04. The summed E-state index contributed by atoms with van der Waals surface area (Å²) in [5, 5.41) is 31.5. The molecule has 0 saturated carbocycles. The third-order valence-corrected chi connectivity index (χ3v) is 14.6. The SMILES string of the molecule is C=CC(=O)OCC(O)COc1c(Br)cc(C(C)(C)c2cc(Br)c(OCC(O)COc3c(Br)cc(C(C)(C)c4cc(Br)c(OCC(O)COC(=O)C(=C)C)c(Br)c4)cc3Br)c(Br)c2)cc1Br. The molecule has 0 aliphatic carbocycles. The Labute approximate surface area is 446 Å². The van der Waals surface area contributed by atoms with E-state index in [1.807, 2.05) is 48.5 Å². The standard InChI is InChI=1S/C46H46Br8O11/c1-8-39(58)60-17-28(55)18-61-40-31(47)9-24(10-32(40)48)45(4,5)25-11-33(49)41(34(50)12-25)62-19-29(56)20-63-42-35(51)13-26(14-36(42)52)46(6,7)27-15-37(53)43(38(54)16-27)64-21-30(57)22-65-44(59)23(2)3/h8-16,28-30,55-57H,1-2,17-22H2,3-7H3. The third kappa shape index (κ3) is 15.1. The fourth-order valence-electron chi connectivity index (χ4n) is 5.96. The van der Waals surface area contributed by atoms with Crippen LogP contribution in [0.5, 0.6) is 23.0 Å². The fraction of sp³-hybridized carbons (Fsp3) is 0.348. The van der Waals surface area contributed by atoms with Gasteiger partial charge in [0.05, 0.1) is 35.8 Å². The molecule has 0 aliphatic heterocycles. The van der Waals surface area contributed by atoms with Gasteiger partial charge < -0.3 is 43.7 Å². The number of carbonyl (C=O) groups is 2. The Balaban J connectivity index is 1.38. The number of aliphatic hydroxyl groups excluding tert-OH is 3. The number of hydrogen-bond acceptors (Lipinski definition) is 11. The second-order valence-corrected chi connectivity index (χ2v) is 22.6. The lowest BCUT2D eigenvalue weighted by atomic mass is 9.78. The lowest BCUT2D eigenvalue weighted by molar-refractivity contribution is -0.142. The molecule has 0 aliphatic rings. The van der Waals surface area contributed by atoms with Crippen molar-refractivity contribution < 1.29 is 53.3 Å². The predicted octanol–water partition coefficient (Wildman–Crippen LogP) is 12.6. The van der Waals surface area contributed by atoms with E-state index in [0.717, 1.165) is 28.3 Å². The van der Waals surface area contributed by atoms with Crippen LogP contribution in [0.3, 0.4) is 0 Å². The molecule has 352 valence electrons. The molecule has 3 atom stereocenters. The van der Waals surface area contributed by atoms with Crippen LogP contribution in [-0.4, -0.2) is 85.2 Å². The zero-order valence-corrected chi connectivity index (χ0v) is 48.4. The first-order valence-electron chi connectivity index (χ1n) is 19.5. The van der Waals surface area contributed by atoms with Crippen molar-refractivity contribution in [2.75, 3.05) is 39.6 Å². The maximum absolute atomic E-state index is 11.7. The Morgan fingerprint density at radius 3 is 0.969 bits per heavy atom. The van der Waals surface area contributed by atoms with Crippen LogP contribution in [0.15, 0.2) is 109 Å². The number of rotatable bonds is 22. The zero-order valence-electron chi connectivity index (χ0n) is 35.7. The second-order valence-electron chi connectivity index (χ2n) is 15.7. The van der Waals surface area contributed by atoms with E-state index in [9.17, 15) is 24.9 Å². The minimum Gasteiger partial charge on any atom is -0.488 e.